The van der Waals surface area contributed by atoms with E-state index in [4.69, 9.17) is 0 Å². The summed E-state index contributed by atoms with van der Waals surface area (Å²) in [6.07, 6.45) is 0. The molecule has 1 N–H and O–H groups in total. The Morgan fingerprint density at radius 2 is 2.10 bits per heavy atom. The lowest BCUT2D eigenvalue weighted by molar-refractivity contribution is 0.323. The van der Waals surface area contributed by atoms with Crippen LogP contribution in [-0.2, 0) is 10.2 Å². The quantitative estimate of drug-likeness (QED) is 0.899. The monoisotopic (exact) mass is 313 g/mol. The van der Waals surface area contributed by atoms with Gasteiger partial charge in [-0.05, 0) is 36.1 Å². The van der Waals surface area contributed by atoms with Gasteiger partial charge in [0.25, 0.3) is 10.2 Å². The number of hydrogen-bond donors (Lipinski definition) is 1. The summed E-state index contributed by atoms with van der Waals surface area (Å²) in [7, 11) is -0.448. The number of halogens is 1. The molecule has 1 aromatic carbocycles. The Morgan fingerprint density at radius 1 is 1.33 bits per heavy atom. The third-order valence-electron chi connectivity index (χ3n) is 4.47. The highest BCUT2D eigenvalue weighted by atomic mass is 32.2. The van der Waals surface area contributed by atoms with Crippen LogP contribution in [0.3, 0.4) is 0 Å². The normalized spacial score (nSPS) is 30.0. The third-order valence-corrected chi connectivity index (χ3v) is 6.36. The Bertz CT molecular complexity index is 635. The third kappa shape index (κ3) is 2.48. The van der Waals surface area contributed by atoms with Gasteiger partial charge in [0, 0.05) is 27.2 Å². The van der Waals surface area contributed by atoms with E-state index in [1.54, 1.807) is 6.07 Å². The molecular formula is C14H20FN3O2S. The first-order valence-electron chi connectivity index (χ1n) is 7.06. The SMILES string of the molecule is CN(C)S(=O)(=O)N1C[C@@H]2CNC[C@@H]2[C@@H]1c1cccc(F)c1. The van der Waals surface area contributed by atoms with Gasteiger partial charge in [0.05, 0.1) is 6.04 Å². The first kappa shape index (κ1) is 14.9. The number of benzene rings is 1. The molecule has 0 unspecified atom stereocenters. The van der Waals surface area contributed by atoms with Crippen LogP contribution in [0.2, 0.25) is 0 Å². The largest absolute Gasteiger partial charge is 0.316 e. The number of rotatable bonds is 3. The first-order valence-corrected chi connectivity index (χ1v) is 8.46. The molecule has 3 atom stereocenters. The van der Waals surface area contributed by atoms with Gasteiger partial charge in [-0.15, -0.1) is 0 Å². The molecule has 2 fully saturated rings. The van der Waals surface area contributed by atoms with Crippen molar-refractivity contribution in [3.05, 3.63) is 35.6 Å². The summed E-state index contributed by atoms with van der Waals surface area (Å²) in [4.78, 5) is 0. The predicted octanol–water partition coefficient (Wildman–Crippen LogP) is 0.824. The second-order valence-corrected chi connectivity index (χ2v) is 8.04. The smallest absolute Gasteiger partial charge is 0.282 e. The Kier molecular flexibility index (Phi) is 3.77. The molecule has 2 heterocycles. The highest BCUT2D eigenvalue weighted by Crippen LogP contribution is 2.44. The number of fused-ring (bicyclic) bond motifs is 1. The van der Waals surface area contributed by atoms with Crippen LogP contribution in [0.15, 0.2) is 24.3 Å². The summed E-state index contributed by atoms with van der Waals surface area (Å²) in [6.45, 7) is 2.07. The van der Waals surface area contributed by atoms with Crippen molar-refractivity contribution < 1.29 is 12.8 Å². The zero-order valence-corrected chi connectivity index (χ0v) is 13.0. The lowest BCUT2D eigenvalue weighted by Gasteiger charge is -2.29. The van der Waals surface area contributed by atoms with Crippen molar-refractivity contribution in [1.29, 1.82) is 0 Å². The molecule has 2 saturated heterocycles. The van der Waals surface area contributed by atoms with Crippen molar-refractivity contribution in [2.75, 3.05) is 33.7 Å². The van der Waals surface area contributed by atoms with Crippen LogP contribution < -0.4 is 5.32 Å². The fourth-order valence-corrected chi connectivity index (χ4v) is 4.80. The molecule has 0 radical (unpaired) electrons. The average Bonchev–Trinajstić information content (AvgIpc) is 2.98. The highest BCUT2D eigenvalue weighted by molar-refractivity contribution is 7.86. The zero-order chi connectivity index (χ0) is 15.2. The summed E-state index contributed by atoms with van der Waals surface area (Å²) in [5.41, 5.74) is 0.733. The number of nitrogens with one attached hydrogen (secondary N) is 1. The molecule has 116 valence electrons. The van der Waals surface area contributed by atoms with Crippen LogP contribution in [0.25, 0.3) is 0 Å². The molecule has 2 aliphatic rings. The Morgan fingerprint density at radius 3 is 2.76 bits per heavy atom. The van der Waals surface area contributed by atoms with E-state index in [-0.39, 0.29) is 23.7 Å². The second-order valence-electron chi connectivity index (χ2n) is 5.94. The van der Waals surface area contributed by atoms with E-state index < -0.39 is 10.2 Å². The van der Waals surface area contributed by atoms with Crippen molar-refractivity contribution in [1.82, 2.24) is 13.9 Å². The van der Waals surface area contributed by atoms with E-state index in [0.717, 1.165) is 18.7 Å². The fourth-order valence-electron chi connectivity index (χ4n) is 3.43. The topological polar surface area (TPSA) is 52.7 Å². The Balaban J connectivity index is 2.04. The van der Waals surface area contributed by atoms with E-state index in [2.05, 4.69) is 5.32 Å². The number of nitrogens with zero attached hydrogens (tertiary/aromatic N) is 2. The molecule has 0 saturated carbocycles. The molecule has 0 amide bonds. The van der Waals surface area contributed by atoms with Crippen molar-refractivity contribution in [2.45, 2.75) is 6.04 Å². The van der Waals surface area contributed by atoms with Gasteiger partial charge in [-0.1, -0.05) is 12.1 Å². The summed E-state index contributed by atoms with van der Waals surface area (Å²) in [5, 5.41) is 3.31. The van der Waals surface area contributed by atoms with Crippen LogP contribution in [0.5, 0.6) is 0 Å². The minimum absolute atomic E-state index is 0.196. The van der Waals surface area contributed by atoms with Gasteiger partial charge in [0.15, 0.2) is 0 Å². The summed E-state index contributed by atoms with van der Waals surface area (Å²) >= 11 is 0. The Hall–Kier alpha value is -1.02. The summed E-state index contributed by atoms with van der Waals surface area (Å²) in [5.74, 6) is 0.152. The molecule has 0 aliphatic carbocycles. The van der Waals surface area contributed by atoms with Crippen LogP contribution in [0.4, 0.5) is 4.39 Å². The molecule has 0 aromatic heterocycles. The molecule has 1 aromatic rings. The van der Waals surface area contributed by atoms with Gasteiger partial charge < -0.3 is 5.32 Å². The molecular weight excluding hydrogens is 293 g/mol. The van der Waals surface area contributed by atoms with Crippen LogP contribution in [0.1, 0.15) is 11.6 Å². The maximum Gasteiger partial charge on any atom is 0.282 e. The molecule has 0 spiro atoms. The summed E-state index contributed by atoms with van der Waals surface area (Å²) in [6, 6.07) is 5.98. The second kappa shape index (κ2) is 5.31. The van der Waals surface area contributed by atoms with Gasteiger partial charge in [-0.25, -0.2) is 4.39 Å². The van der Waals surface area contributed by atoms with Crippen molar-refractivity contribution in [3.8, 4) is 0 Å². The van der Waals surface area contributed by atoms with Gasteiger partial charge >= 0.3 is 0 Å². The van der Waals surface area contributed by atoms with Crippen molar-refractivity contribution in [3.63, 3.8) is 0 Å². The summed E-state index contributed by atoms with van der Waals surface area (Å²) < 4.78 is 41.4. The average molecular weight is 313 g/mol. The van der Waals surface area contributed by atoms with Crippen LogP contribution in [-0.4, -0.2) is 50.8 Å². The van der Waals surface area contributed by atoms with E-state index in [9.17, 15) is 12.8 Å². The minimum Gasteiger partial charge on any atom is -0.316 e. The Labute approximate surface area is 124 Å². The van der Waals surface area contributed by atoms with Crippen molar-refractivity contribution in [2.24, 2.45) is 11.8 Å². The maximum atomic E-state index is 13.6. The lowest BCUT2D eigenvalue weighted by atomic mass is 9.90. The van der Waals surface area contributed by atoms with Crippen LogP contribution >= 0.6 is 0 Å². The molecule has 21 heavy (non-hydrogen) atoms. The van der Waals surface area contributed by atoms with Gasteiger partial charge in [0.1, 0.15) is 5.82 Å². The van der Waals surface area contributed by atoms with Gasteiger partial charge in [0.2, 0.25) is 0 Å². The fraction of sp³-hybridized carbons (Fsp3) is 0.571. The zero-order valence-electron chi connectivity index (χ0n) is 12.2. The minimum atomic E-state index is -3.51. The predicted molar refractivity (Wildman–Crippen MR) is 78.3 cm³/mol. The van der Waals surface area contributed by atoms with Crippen molar-refractivity contribution >= 4 is 10.2 Å². The van der Waals surface area contributed by atoms with E-state index >= 15 is 0 Å². The van der Waals surface area contributed by atoms with E-state index in [1.165, 1.54) is 34.8 Å². The van der Waals surface area contributed by atoms with Crippen LogP contribution in [0, 0.1) is 17.7 Å². The van der Waals surface area contributed by atoms with E-state index in [1.807, 2.05) is 6.07 Å². The highest BCUT2D eigenvalue weighted by Gasteiger charge is 2.49. The molecule has 0 bridgehead atoms. The molecule has 2 aliphatic heterocycles. The molecule has 7 heteroatoms. The standard InChI is InChI=1S/C14H20FN3O2S/c1-17(2)21(19,20)18-9-11-7-16-8-13(11)14(18)10-4-3-5-12(15)6-10/h3-6,11,13-14,16H,7-9H2,1-2H3/t11-,13-,14-/m0/s1. The van der Waals surface area contributed by atoms with E-state index in [0.29, 0.717) is 6.54 Å². The number of hydrogen-bond acceptors (Lipinski definition) is 3. The lowest BCUT2D eigenvalue weighted by Crippen LogP contribution is -2.41. The molecule has 3 rings (SSSR count). The maximum absolute atomic E-state index is 13.6. The first-order chi connectivity index (χ1) is 9.91. The van der Waals surface area contributed by atoms with Gasteiger partial charge in [-0.2, -0.15) is 17.0 Å². The van der Waals surface area contributed by atoms with Gasteiger partial charge in [-0.3, -0.25) is 0 Å². The molecule has 5 nitrogen and oxygen atoms in total.